The molecule has 1 heterocycles. The molecule has 3 aromatic carbocycles. The number of carbonyl (C=O) groups excluding carboxylic acids is 1. The van der Waals surface area contributed by atoms with Gasteiger partial charge in [0.15, 0.2) is 0 Å². The molecule has 10 heteroatoms. The molecular formula is C34H45N3O7. The molecule has 0 amide bonds. The number of nitrogens with two attached hydrogens (primary N) is 2. The minimum absolute atomic E-state index is 0.0843. The number of hydrogen-bond donors (Lipinski definition) is 2. The molecule has 238 valence electrons. The van der Waals surface area contributed by atoms with Crippen molar-refractivity contribution in [1.29, 1.82) is 0 Å². The predicted molar refractivity (Wildman–Crippen MR) is 169 cm³/mol. The van der Waals surface area contributed by atoms with Crippen LogP contribution in [-0.2, 0) is 25.7 Å². The first kappa shape index (κ1) is 32.9. The number of hydrogen-bond acceptors (Lipinski definition) is 10. The normalized spacial score (nSPS) is 17.2. The van der Waals surface area contributed by atoms with Gasteiger partial charge < -0.3 is 40.0 Å². The van der Waals surface area contributed by atoms with Crippen molar-refractivity contribution in [2.75, 3.05) is 51.0 Å². The monoisotopic (exact) mass is 607 g/mol. The van der Waals surface area contributed by atoms with Crippen molar-refractivity contribution in [2.45, 2.75) is 57.8 Å². The number of carbonyl (C=O) groups is 1. The minimum atomic E-state index is -0.731. The van der Waals surface area contributed by atoms with Crippen LogP contribution in [0.2, 0.25) is 0 Å². The molecule has 1 fully saturated rings. The maximum absolute atomic E-state index is 12.3. The highest BCUT2D eigenvalue weighted by Gasteiger charge is 2.34. The molecule has 0 aliphatic carbocycles. The van der Waals surface area contributed by atoms with Gasteiger partial charge in [-0.15, -0.1) is 5.06 Å². The summed E-state index contributed by atoms with van der Waals surface area (Å²) in [5.74, 6) is 1.51. The van der Waals surface area contributed by atoms with E-state index in [0.29, 0.717) is 63.2 Å². The number of piperidine rings is 1. The summed E-state index contributed by atoms with van der Waals surface area (Å²) in [7, 11) is 0. The zero-order chi connectivity index (χ0) is 31.4. The van der Waals surface area contributed by atoms with Gasteiger partial charge in [-0.1, -0.05) is 42.5 Å². The van der Waals surface area contributed by atoms with E-state index in [1.165, 1.54) is 0 Å². The summed E-state index contributed by atoms with van der Waals surface area (Å²) in [6.45, 7) is 8.79. The van der Waals surface area contributed by atoms with Crippen molar-refractivity contribution < 1.29 is 33.3 Å². The lowest BCUT2D eigenvalue weighted by atomic mass is 9.87. The molecule has 3 aromatic rings. The molecule has 1 saturated heterocycles. The molecule has 1 aliphatic rings. The minimum Gasteiger partial charge on any atom is -0.494 e. The lowest BCUT2D eigenvalue weighted by Crippen LogP contribution is -2.46. The van der Waals surface area contributed by atoms with Gasteiger partial charge in [0.25, 0.3) is 0 Å². The Balaban J connectivity index is 1.28. The summed E-state index contributed by atoms with van der Waals surface area (Å²) >= 11 is 0. The van der Waals surface area contributed by atoms with Gasteiger partial charge >= 0.3 is 6.16 Å². The molecule has 1 aliphatic heterocycles. The van der Waals surface area contributed by atoms with Crippen LogP contribution >= 0.6 is 0 Å². The molecule has 44 heavy (non-hydrogen) atoms. The molecule has 0 saturated carbocycles. The van der Waals surface area contributed by atoms with Crippen LogP contribution in [0.4, 0.5) is 16.2 Å². The fourth-order valence-electron chi connectivity index (χ4n) is 4.82. The highest BCUT2D eigenvalue weighted by atomic mass is 16.8. The van der Waals surface area contributed by atoms with Gasteiger partial charge in [0, 0.05) is 24.9 Å². The lowest BCUT2D eigenvalue weighted by Gasteiger charge is -2.37. The molecule has 0 spiro atoms. The Bertz CT molecular complexity index is 1300. The van der Waals surface area contributed by atoms with Crippen molar-refractivity contribution in [3.8, 4) is 11.5 Å². The Morgan fingerprint density at radius 2 is 1.59 bits per heavy atom. The number of hydroxylamine groups is 2. The molecule has 4 N–H and O–H groups in total. The van der Waals surface area contributed by atoms with E-state index in [1.54, 1.807) is 44.0 Å². The summed E-state index contributed by atoms with van der Waals surface area (Å²) in [5, 5.41) is 1.61. The van der Waals surface area contributed by atoms with Gasteiger partial charge in [0.2, 0.25) is 0 Å². The number of nitrogen functional groups attached to an aromatic ring is 2. The third-order valence-electron chi connectivity index (χ3n) is 6.98. The Labute approximate surface area is 260 Å². The van der Waals surface area contributed by atoms with Crippen molar-refractivity contribution in [3.05, 3.63) is 83.9 Å². The van der Waals surface area contributed by atoms with Crippen molar-refractivity contribution in [1.82, 2.24) is 5.06 Å². The van der Waals surface area contributed by atoms with Gasteiger partial charge in [0.05, 0.1) is 50.5 Å². The van der Waals surface area contributed by atoms with E-state index in [-0.39, 0.29) is 12.0 Å². The second kappa shape index (κ2) is 16.2. The number of benzene rings is 3. The standard InChI is InChI=1S/C34H45N3O7/c1-34(2,3)43-33(38)44-37-17-16-29(32(23-37)42-21-20-41-28-14-15-30(35)31(36)22-28)26-10-12-27(13-11-26)40-19-7-18-39-24-25-8-5-4-6-9-25/h4-6,8-15,22,29,32H,7,16-21,23-24,35-36H2,1-3H3. The number of rotatable bonds is 14. The van der Waals surface area contributed by atoms with Gasteiger partial charge in [0.1, 0.15) is 23.7 Å². The molecule has 0 bridgehead atoms. The molecule has 10 nitrogen and oxygen atoms in total. The van der Waals surface area contributed by atoms with Crippen LogP contribution < -0.4 is 20.9 Å². The van der Waals surface area contributed by atoms with E-state index >= 15 is 0 Å². The Morgan fingerprint density at radius 1 is 0.864 bits per heavy atom. The van der Waals surface area contributed by atoms with Crippen LogP contribution in [0.1, 0.15) is 50.7 Å². The van der Waals surface area contributed by atoms with Crippen molar-refractivity contribution in [2.24, 2.45) is 0 Å². The zero-order valence-electron chi connectivity index (χ0n) is 25.9. The first-order valence-corrected chi connectivity index (χ1v) is 15.1. The summed E-state index contributed by atoms with van der Waals surface area (Å²) in [6, 6.07) is 23.4. The average Bonchev–Trinajstić information content (AvgIpc) is 2.99. The maximum atomic E-state index is 12.3. The van der Waals surface area contributed by atoms with Crippen LogP contribution in [0, 0.1) is 0 Å². The van der Waals surface area contributed by atoms with Gasteiger partial charge in [-0.2, -0.15) is 0 Å². The molecule has 2 atom stereocenters. The summed E-state index contributed by atoms with van der Waals surface area (Å²) in [4.78, 5) is 17.8. The molecule has 2 unspecified atom stereocenters. The fraction of sp³-hybridized carbons (Fsp3) is 0.441. The van der Waals surface area contributed by atoms with E-state index in [9.17, 15) is 4.79 Å². The highest BCUT2D eigenvalue weighted by molar-refractivity contribution is 5.65. The van der Waals surface area contributed by atoms with E-state index in [0.717, 1.165) is 29.7 Å². The second-order valence-electron chi connectivity index (χ2n) is 11.7. The van der Waals surface area contributed by atoms with E-state index < -0.39 is 11.8 Å². The van der Waals surface area contributed by atoms with E-state index in [1.807, 2.05) is 30.3 Å². The van der Waals surface area contributed by atoms with Crippen LogP contribution in [0.3, 0.4) is 0 Å². The summed E-state index contributed by atoms with van der Waals surface area (Å²) < 4.78 is 29.1. The third kappa shape index (κ3) is 10.9. The Morgan fingerprint density at radius 3 is 2.32 bits per heavy atom. The lowest BCUT2D eigenvalue weighted by molar-refractivity contribution is -0.178. The third-order valence-corrected chi connectivity index (χ3v) is 6.98. The van der Waals surface area contributed by atoms with E-state index in [2.05, 4.69) is 24.3 Å². The zero-order valence-corrected chi connectivity index (χ0v) is 25.9. The molecular weight excluding hydrogens is 562 g/mol. The average molecular weight is 608 g/mol. The summed E-state index contributed by atoms with van der Waals surface area (Å²) in [6.07, 6.45) is 0.540. The van der Waals surface area contributed by atoms with Gasteiger partial charge in [-0.05, 0) is 62.6 Å². The van der Waals surface area contributed by atoms with Crippen molar-refractivity contribution in [3.63, 3.8) is 0 Å². The van der Waals surface area contributed by atoms with Crippen LogP contribution in [-0.4, -0.2) is 62.4 Å². The van der Waals surface area contributed by atoms with Crippen molar-refractivity contribution >= 4 is 17.5 Å². The van der Waals surface area contributed by atoms with Crippen LogP contribution in [0.5, 0.6) is 11.5 Å². The summed E-state index contributed by atoms with van der Waals surface area (Å²) in [5.41, 5.74) is 14.3. The number of anilines is 2. The Kier molecular flexibility index (Phi) is 12.1. The van der Waals surface area contributed by atoms with Gasteiger partial charge in [-0.25, -0.2) is 4.79 Å². The number of ether oxygens (including phenoxy) is 5. The maximum Gasteiger partial charge on any atom is 0.528 e. The topological polar surface area (TPSA) is 128 Å². The Hall–Kier alpha value is -3.99. The molecule has 4 rings (SSSR count). The van der Waals surface area contributed by atoms with Gasteiger partial charge in [-0.3, -0.25) is 0 Å². The van der Waals surface area contributed by atoms with E-state index in [4.69, 9.17) is 40.0 Å². The predicted octanol–water partition coefficient (Wildman–Crippen LogP) is 5.96. The number of nitrogens with zero attached hydrogens (tertiary/aromatic N) is 1. The first-order valence-electron chi connectivity index (χ1n) is 15.1. The van der Waals surface area contributed by atoms with Crippen LogP contribution in [0.15, 0.2) is 72.8 Å². The largest absolute Gasteiger partial charge is 0.528 e. The quantitative estimate of drug-likeness (QED) is 0.129. The molecule has 0 aromatic heterocycles. The fourth-order valence-corrected chi connectivity index (χ4v) is 4.82. The smallest absolute Gasteiger partial charge is 0.494 e. The SMILES string of the molecule is CC(C)(C)OC(=O)ON1CCC(c2ccc(OCCCOCc3ccccc3)cc2)C(OCCOc2ccc(N)c(N)c2)C1. The highest BCUT2D eigenvalue weighted by Crippen LogP contribution is 2.32. The molecule has 0 radical (unpaired) electrons. The second-order valence-corrected chi connectivity index (χ2v) is 11.7. The first-order chi connectivity index (χ1) is 21.2. The van der Waals surface area contributed by atoms with Crippen LogP contribution in [0.25, 0.3) is 0 Å².